The molecule has 0 saturated carbocycles. The van der Waals surface area contributed by atoms with Gasteiger partial charge in [0, 0.05) is 42.3 Å². The van der Waals surface area contributed by atoms with Crippen LogP contribution in [0.15, 0.2) is 188 Å². The maximum absolute atomic E-state index is 2.41. The van der Waals surface area contributed by atoms with E-state index >= 15 is 0 Å². The van der Waals surface area contributed by atoms with Crippen LogP contribution in [0.25, 0.3) is 42.1 Å². The van der Waals surface area contributed by atoms with Gasteiger partial charge in [-0.25, -0.2) is 0 Å². The minimum atomic E-state index is -0.420. The number of rotatable bonds is 5. The van der Waals surface area contributed by atoms with Gasteiger partial charge in [0.15, 0.2) is 0 Å². The normalized spacial score (nSPS) is 13.1. The first-order valence-corrected chi connectivity index (χ1v) is 17.7. The van der Waals surface area contributed by atoms with Crippen molar-refractivity contribution in [2.24, 2.45) is 0 Å². The molecule has 1 nitrogen and oxygen atoms in total. The van der Waals surface area contributed by atoms with E-state index in [1.807, 2.05) is 11.3 Å². The van der Waals surface area contributed by atoms with E-state index in [0.29, 0.717) is 0 Å². The van der Waals surface area contributed by atoms with Crippen LogP contribution in [0.2, 0.25) is 0 Å². The summed E-state index contributed by atoms with van der Waals surface area (Å²) in [5.41, 5.74) is 10.8. The van der Waals surface area contributed by atoms with E-state index in [1.54, 1.807) is 0 Å². The molecule has 0 unspecified atom stereocenters. The molecule has 0 spiro atoms. The van der Waals surface area contributed by atoms with Gasteiger partial charge in [0.2, 0.25) is 0 Å². The van der Waals surface area contributed by atoms with Crippen LogP contribution < -0.4 is 4.90 Å². The number of anilines is 3. The highest BCUT2D eigenvalue weighted by Crippen LogP contribution is 2.56. The molecule has 1 heterocycles. The highest BCUT2D eigenvalue weighted by molar-refractivity contribution is 7.26. The Balaban J connectivity index is 1.19. The highest BCUT2D eigenvalue weighted by Gasteiger charge is 2.45. The van der Waals surface area contributed by atoms with Crippen LogP contribution in [0.4, 0.5) is 17.1 Å². The third-order valence-corrected chi connectivity index (χ3v) is 11.6. The lowest BCUT2D eigenvalue weighted by atomic mass is 9.68. The smallest absolute Gasteiger partial charge is 0.0713 e. The molecule has 0 bridgehead atoms. The zero-order chi connectivity index (χ0) is 32.4. The van der Waals surface area contributed by atoms with Crippen molar-refractivity contribution in [2.75, 3.05) is 4.90 Å². The second kappa shape index (κ2) is 11.1. The van der Waals surface area contributed by atoms with E-state index in [0.717, 1.165) is 11.4 Å². The van der Waals surface area contributed by atoms with Crippen molar-refractivity contribution in [3.05, 3.63) is 210 Å². The van der Waals surface area contributed by atoms with Crippen LogP contribution in [0.3, 0.4) is 0 Å². The number of hydrogen-bond donors (Lipinski definition) is 0. The van der Waals surface area contributed by atoms with E-state index in [4.69, 9.17) is 0 Å². The van der Waals surface area contributed by atoms with Crippen LogP contribution in [0, 0.1) is 0 Å². The number of benzene rings is 8. The maximum atomic E-state index is 2.41. The van der Waals surface area contributed by atoms with Crippen molar-refractivity contribution in [2.45, 2.75) is 5.41 Å². The molecule has 1 aliphatic carbocycles. The average molecular weight is 642 g/mol. The van der Waals surface area contributed by atoms with E-state index < -0.39 is 5.41 Å². The van der Waals surface area contributed by atoms with Crippen molar-refractivity contribution in [3.8, 4) is 11.1 Å². The highest BCUT2D eigenvalue weighted by atomic mass is 32.1. The Morgan fingerprint density at radius 3 is 1.63 bits per heavy atom. The van der Waals surface area contributed by atoms with Crippen LogP contribution in [0.1, 0.15) is 22.3 Å². The molecule has 0 aliphatic heterocycles. The van der Waals surface area contributed by atoms with E-state index in [9.17, 15) is 0 Å². The molecular weight excluding hydrogens is 611 g/mol. The summed E-state index contributed by atoms with van der Waals surface area (Å²) >= 11 is 1.89. The molecule has 0 fully saturated rings. The first-order valence-electron chi connectivity index (χ1n) is 16.9. The largest absolute Gasteiger partial charge is 0.310 e. The number of thiophene rings is 1. The van der Waals surface area contributed by atoms with Gasteiger partial charge in [0.05, 0.1) is 11.1 Å². The predicted octanol–water partition coefficient (Wildman–Crippen LogP) is 13.0. The Morgan fingerprint density at radius 2 is 0.898 bits per heavy atom. The van der Waals surface area contributed by atoms with Gasteiger partial charge in [0.25, 0.3) is 0 Å². The molecule has 49 heavy (non-hydrogen) atoms. The van der Waals surface area contributed by atoms with Crippen molar-refractivity contribution >= 4 is 59.3 Å². The summed E-state index contributed by atoms with van der Waals surface area (Å²) in [6.07, 6.45) is 0. The van der Waals surface area contributed by atoms with Gasteiger partial charge >= 0.3 is 0 Å². The quantitative estimate of drug-likeness (QED) is 0.181. The van der Waals surface area contributed by atoms with E-state index in [2.05, 4.69) is 193 Å². The molecule has 1 aliphatic rings. The molecule has 0 saturated heterocycles. The number of para-hydroxylation sites is 1. The topological polar surface area (TPSA) is 3.24 Å². The minimum absolute atomic E-state index is 0.420. The second-order valence-corrected chi connectivity index (χ2v) is 13.9. The fourth-order valence-corrected chi connectivity index (χ4v) is 9.53. The second-order valence-electron chi connectivity index (χ2n) is 12.8. The molecule has 9 aromatic rings. The molecule has 230 valence electrons. The SMILES string of the molecule is c1ccc(N(c2ccc(C3(c4ccccc4)c4ccccc4-c4ccccc43)cc2)c2cccc3c2ccc2c4ccccc4sc32)cc1. The molecular formula is C47H31NS. The summed E-state index contributed by atoms with van der Waals surface area (Å²) in [4.78, 5) is 2.41. The molecule has 0 amide bonds. The maximum Gasteiger partial charge on any atom is 0.0713 e. The molecule has 10 rings (SSSR count). The number of fused-ring (bicyclic) bond motifs is 8. The van der Waals surface area contributed by atoms with Gasteiger partial charge in [-0.05, 0) is 69.8 Å². The van der Waals surface area contributed by atoms with Crippen molar-refractivity contribution in [1.29, 1.82) is 0 Å². The van der Waals surface area contributed by atoms with Crippen LogP contribution >= 0.6 is 11.3 Å². The minimum Gasteiger partial charge on any atom is -0.310 e. The zero-order valence-corrected chi connectivity index (χ0v) is 27.6. The fourth-order valence-electron chi connectivity index (χ4n) is 8.30. The summed E-state index contributed by atoms with van der Waals surface area (Å²) in [5, 5.41) is 5.18. The number of nitrogens with zero attached hydrogens (tertiary/aromatic N) is 1. The van der Waals surface area contributed by atoms with Crippen molar-refractivity contribution in [1.82, 2.24) is 0 Å². The lowest BCUT2D eigenvalue weighted by Crippen LogP contribution is -2.28. The van der Waals surface area contributed by atoms with Crippen LogP contribution in [0.5, 0.6) is 0 Å². The molecule has 0 N–H and O–H groups in total. The average Bonchev–Trinajstić information content (AvgIpc) is 3.71. The lowest BCUT2D eigenvalue weighted by molar-refractivity contribution is 0.768. The standard InChI is InChI=1S/C47H31NS/c1-3-14-32(15-4-1)47(42-22-10-7-18-36(42)37-19-8-11-23-43(37)47)33-26-28-35(29-27-33)48(34-16-5-2-6-17-34)44-24-13-21-40-38(44)30-31-41-39-20-9-12-25-45(39)49-46(40)41/h1-31H. The van der Waals surface area contributed by atoms with Crippen LogP contribution in [-0.2, 0) is 5.41 Å². The summed E-state index contributed by atoms with van der Waals surface area (Å²) in [6.45, 7) is 0. The first-order chi connectivity index (χ1) is 24.3. The van der Waals surface area contributed by atoms with Gasteiger partial charge in [-0.3, -0.25) is 0 Å². The van der Waals surface area contributed by atoms with Gasteiger partial charge < -0.3 is 4.90 Å². The Hall–Kier alpha value is -5.96. The Labute approximate surface area is 290 Å². The van der Waals surface area contributed by atoms with Crippen molar-refractivity contribution in [3.63, 3.8) is 0 Å². The lowest BCUT2D eigenvalue weighted by Gasteiger charge is -2.34. The van der Waals surface area contributed by atoms with Gasteiger partial charge in [-0.1, -0.05) is 152 Å². The summed E-state index contributed by atoms with van der Waals surface area (Å²) in [7, 11) is 0. The Kier molecular flexibility index (Phi) is 6.34. The predicted molar refractivity (Wildman–Crippen MR) is 209 cm³/mol. The third kappa shape index (κ3) is 4.11. The third-order valence-electron chi connectivity index (χ3n) is 10.4. The van der Waals surface area contributed by atoms with Crippen LogP contribution in [-0.4, -0.2) is 0 Å². The summed E-state index contributed by atoms with van der Waals surface area (Å²) in [5.74, 6) is 0. The Bertz CT molecular complexity index is 2610. The van der Waals surface area contributed by atoms with Gasteiger partial charge in [0.1, 0.15) is 0 Å². The molecule has 0 radical (unpaired) electrons. The summed E-state index contributed by atoms with van der Waals surface area (Å²) < 4.78 is 2.67. The van der Waals surface area contributed by atoms with Crippen molar-refractivity contribution < 1.29 is 0 Å². The van der Waals surface area contributed by atoms with Gasteiger partial charge in [-0.15, -0.1) is 11.3 Å². The fraction of sp³-hybridized carbons (Fsp3) is 0.0213. The molecule has 2 heteroatoms. The Morgan fingerprint density at radius 1 is 0.367 bits per heavy atom. The van der Waals surface area contributed by atoms with E-state index in [1.165, 1.54) is 70.0 Å². The summed E-state index contributed by atoms with van der Waals surface area (Å²) in [6, 6.07) is 69.1. The molecule has 8 aromatic carbocycles. The van der Waals surface area contributed by atoms with E-state index in [-0.39, 0.29) is 0 Å². The molecule has 1 aromatic heterocycles. The molecule has 0 atom stereocenters. The zero-order valence-electron chi connectivity index (χ0n) is 26.8. The number of hydrogen-bond acceptors (Lipinski definition) is 2. The monoisotopic (exact) mass is 641 g/mol. The van der Waals surface area contributed by atoms with Gasteiger partial charge in [-0.2, -0.15) is 0 Å². The first kappa shape index (κ1) is 28.1.